The molecule has 0 aliphatic rings. The van der Waals surface area contributed by atoms with Crippen molar-refractivity contribution in [2.75, 3.05) is 6.54 Å². The number of thiophene rings is 1. The third kappa shape index (κ3) is 4.38. The minimum atomic E-state index is -3.41. The topological polar surface area (TPSA) is 59.1 Å². The van der Waals surface area contributed by atoms with Gasteiger partial charge in [-0.15, -0.1) is 22.7 Å². The van der Waals surface area contributed by atoms with Crippen LogP contribution in [0.4, 0.5) is 0 Å². The minimum Gasteiger partial charge on any atom is -0.240 e. The van der Waals surface area contributed by atoms with E-state index in [1.807, 2.05) is 11.4 Å². The van der Waals surface area contributed by atoms with Gasteiger partial charge in [-0.1, -0.05) is 27.7 Å². The van der Waals surface area contributed by atoms with Gasteiger partial charge in [0.25, 0.3) is 0 Å². The fraction of sp³-hybridized carbons (Fsp3) is 0.533. The Balaban J connectivity index is 2.13. The standard InChI is InChI=1S/C15H22N2O2S3/c1-10(2)7-8-16-22(18,19)14-6-5-13(21-14)15-17-12(9-20-15)11(3)4/h5-6,9-11,16H,7-8H2,1-4H3. The zero-order valence-corrected chi connectivity index (χ0v) is 15.7. The van der Waals surface area contributed by atoms with Gasteiger partial charge in [-0.05, 0) is 30.4 Å². The highest BCUT2D eigenvalue weighted by atomic mass is 32.2. The highest BCUT2D eigenvalue weighted by Gasteiger charge is 2.18. The summed E-state index contributed by atoms with van der Waals surface area (Å²) in [5, 5.41) is 2.92. The molecule has 0 aliphatic heterocycles. The molecule has 0 aliphatic carbocycles. The van der Waals surface area contributed by atoms with Crippen molar-refractivity contribution in [1.82, 2.24) is 9.71 Å². The molecule has 2 rings (SSSR count). The van der Waals surface area contributed by atoms with E-state index in [0.29, 0.717) is 22.6 Å². The van der Waals surface area contributed by atoms with Gasteiger partial charge in [-0.3, -0.25) is 0 Å². The van der Waals surface area contributed by atoms with Gasteiger partial charge in [0.1, 0.15) is 9.22 Å². The van der Waals surface area contributed by atoms with Gasteiger partial charge in [0, 0.05) is 11.9 Å². The van der Waals surface area contributed by atoms with Crippen LogP contribution in [0.1, 0.15) is 45.7 Å². The predicted octanol–water partition coefficient (Wildman–Crippen LogP) is 4.32. The van der Waals surface area contributed by atoms with Crippen molar-refractivity contribution in [3.63, 3.8) is 0 Å². The second-order valence-corrected chi connectivity index (χ2v) is 9.87. The number of nitrogens with zero attached hydrogens (tertiary/aromatic N) is 1. The summed E-state index contributed by atoms with van der Waals surface area (Å²) in [7, 11) is -3.41. The highest BCUT2D eigenvalue weighted by molar-refractivity contribution is 7.91. The van der Waals surface area contributed by atoms with Crippen molar-refractivity contribution in [1.29, 1.82) is 0 Å². The molecule has 0 spiro atoms. The fourth-order valence-electron chi connectivity index (χ4n) is 1.80. The molecular weight excluding hydrogens is 336 g/mol. The van der Waals surface area contributed by atoms with Gasteiger partial charge in [-0.2, -0.15) is 0 Å². The number of thiazole rings is 1. The van der Waals surface area contributed by atoms with Crippen molar-refractivity contribution in [3.8, 4) is 9.88 Å². The van der Waals surface area contributed by atoms with Crippen molar-refractivity contribution in [2.45, 2.75) is 44.2 Å². The van der Waals surface area contributed by atoms with Crippen molar-refractivity contribution >= 4 is 32.7 Å². The van der Waals surface area contributed by atoms with Crippen molar-refractivity contribution in [3.05, 3.63) is 23.2 Å². The van der Waals surface area contributed by atoms with E-state index in [4.69, 9.17) is 0 Å². The summed E-state index contributed by atoms with van der Waals surface area (Å²) < 4.78 is 27.5. The van der Waals surface area contributed by atoms with Crippen LogP contribution in [-0.4, -0.2) is 19.9 Å². The second-order valence-electron chi connectivity index (χ2n) is 5.93. The molecule has 2 heterocycles. The van der Waals surface area contributed by atoms with E-state index in [-0.39, 0.29) is 0 Å². The largest absolute Gasteiger partial charge is 0.250 e. The molecule has 1 N–H and O–H groups in total. The Kier molecular flexibility index (Phi) is 5.76. The van der Waals surface area contributed by atoms with E-state index >= 15 is 0 Å². The number of sulfonamides is 1. The Morgan fingerprint density at radius 1 is 1.23 bits per heavy atom. The van der Waals surface area contributed by atoms with Gasteiger partial charge in [0.15, 0.2) is 0 Å². The zero-order chi connectivity index (χ0) is 16.3. The molecule has 0 aromatic carbocycles. The van der Waals surface area contributed by atoms with Crippen LogP contribution < -0.4 is 4.72 Å². The highest BCUT2D eigenvalue weighted by Crippen LogP contribution is 2.33. The predicted molar refractivity (Wildman–Crippen MR) is 94.2 cm³/mol. The number of rotatable bonds is 7. The van der Waals surface area contributed by atoms with Crippen LogP contribution in [-0.2, 0) is 10.0 Å². The van der Waals surface area contributed by atoms with Gasteiger partial charge in [0.05, 0.1) is 10.6 Å². The third-order valence-electron chi connectivity index (χ3n) is 3.18. The van der Waals surface area contributed by atoms with Crippen LogP contribution in [0.15, 0.2) is 21.7 Å². The summed E-state index contributed by atoms with van der Waals surface area (Å²) in [6.45, 7) is 8.82. The maximum absolute atomic E-state index is 12.3. The lowest BCUT2D eigenvalue weighted by molar-refractivity contribution is 0.553. The SMILES string of the molecule is CC(C)CCNS(=O)(=O)c1ccc(-c2nc(C(C)C)cs2)s1. The summed E-state index contributed by atoms with van der Waals surface area (Å²) in [6, 6.07) is 3.50. The van der Waals surface area contributed by atoms with E-state index in [9.17, 15) is 8.42 Å². The van der Waals surface area contributed by atoms with Crippen LogP contribution in [0.25, 0.3) is 9.88 Å². The molecule has 0 amide bonds. The van der Waals surface area contributed by atoms with Crippen LogP contribution in [0.3, 0.4) is 0 Å². The monoisotopic (exact) mass is 358 g/mol. The van der Waals surface area contributed by atoms with Crippen LogP contribution in [0.2, 0.25) is 0 Å². The van der Waals surface area contributed by atoms with Crippen molar-refractivity contribution < 1.29 is 8.42 Å². The number of hydrogen-bond acceptors (Lipinski definition) is 5. The molecule has 7 heteroatoms. The Morgan fingerprint density at radius 3 is 2.55 bits per heavy atom. The van der Waals surface area contributed by atoms with E-state index in [1.54, 1.807) is 17.4 Å². The molecule has 4 nitrogen and oxygen atoms in total. The minimum absolute atomic E-state index is 0.354. The smallest absolute Gasteiger partial charge is 0.240 e. The van der Waals surface area contributed by atoms with Gasteiger partial charge in [0.2, 0.25) is 10.0 Å². The molecule has 0 bridgehead atoms. The number of hydrogen-bond donors (Lipinski definition) is 1. The Labute approximate surface area is 140 Å². The number of nitrogens with one attached hydrogen (secondary N) is 1. The van der Waals surface area contributed by atoms with Gasteiger partial charge >= 0.3 is 0 Å². The quantitative estimate of drug-likeness (QED) is 0.802. The fourth-order valence-corrected chi connectivity index (χ4v) is 5.25. The summed E-state index contributed by atoms with van der Waals surface area (Å²) in [4.78, 5) is 5.48. The molecule has 0 fully saturated rings. The lowest BCUT2D eigenvalue weighted by Crippen LogP contribution is -2.24. The third-order valence-corrected chi connectivity index (χ3v) is 7.25. The Bertz CT molecular complexity index is 715. The first-order valence-corrected chi connectivity index (χ1v) is 10.5. The molecule has 2 aromatic heterocycles. The van der Waals surface area contributed by atoms with Gasteiger partial charge in [-0.25, -0.2) is 18.1 Å². The molecule has 122 valence electrons. The summed E-state index contributed by atoms with van der Waals surface area (Å²) in [5.41, 5.74) is 1.05. The van der Waals surface area contributed by atoms with E-state index < -0.39 is 10.0 Å². The van der Waals surface area contributed by atoms with Crippen molar-refractivity contribution in [2.24, 2.45) is 5.92 Å². The maximum atomic E-state index is 12.3. The molecular formula is C15H22N2O2S3. The molecule has 0 saturated heterocycles. The molecule has 0 radical (unpaired) electrons. The first kappa shape index (κ1) is 17.6. The lowest BCUT2D eigenvalue weighted by atomic mass is 10.1. The normalized spacial score (nSPS) is 12.5. The lowest BCUT2D eigenvalue weighted by Gasteiger charge is -2.06. The first-order chi connectivity index (χ1) is 10.3. The molecule has 0 unspecified atom stereocenters. The number of aromatic nitrogens is 1. The zero-order valence-electron chi connectivity index (χ0n) is 13.3. The summed E-state index contributed by atoms with van der Waals surface area (Å²) in [6.07, 6.45) is 0.835. The Hall–Kier alpha value is -0.760. The second kappa shape index (κ2) is 7.21. The average Bonchev–Trinajstić information content (AvgIpc) is 3.07. The Morgan fingerprint density at radius 2 is 1.95 bits per heavy atom. The first-order valence-electron chi connectivity index (χ1n) is 7.35. The van der Waals surface area contributed by atoms with Crippen LogP contribution >= 0.6 is 22.7 Å². The van der Waals surface area contributed by atoms with E-state index in [2.05, 4.69) is 37.4 Å². The van der Waals surface area contributed by atoms with Crippen LogP contribution in [0, 0.1) is 5.92 Å². The van der Waals surface area contributed by atoms with E-state index in [1.165, 1.54) is 11.3 Å². The maximum Gasteiger partial charge on any atom is 0.250 e. The summed E-state index contributed by atoms with van der Waals surface area (Å²) >= 11 is 2.84. The summed E-state index contributed by atoms with van der Waals surface area (Å²) in [5.74, 6) is 0.859. The average molecular weight is 359 g/mol. The molecule has 0 saturated carbocycles. The van der Waals surface area contributed by atoms with Gasteiger partial charge < -0.3 is 0 Å². The molecule has 2 aromatic rings. The molecule has 0 atom stereocenters. The van der Waals surface area contributed by atoms with E-state index in [0.717, 1.165) is 22.0 Å². The molecule has 22 heavy (non-hydrogen) atoms. The van der Waals surface area contributed by atoms with Crippen LogP contribution in [0.5, 0.6) is 0 Å².